The molecule has 0 amide bonds. The standard InChI is InChI=1S/C28H44O8.C8H14O.C3H7IO2S/c1-15-10-20(33-14-15)4-5-22-13-23(30)27(34-22)26-16(2)25(31)28-24(36-26)7-6-21(35-28)12-19(29)11-18-8-9-32-17(18)3;1-3-8-5-4-7(2)6-9-8;1-3(5)2-6-7-4/h16-18,20-28,30-31H,1,4-14H2,2-3H3;8H,2-6H2,1H3;3,5H,2H2,1H3/t16?,17-,18-,20?,21+,22?,23?,24?,25?,26+,27?,28-;8-;/m00./s1. The Bertz CT molecular complexity index is 1100. The molecule has 6 aliphatic rings. The molecular weight excluding hydrogens is 803 g/mol. The topological polar surface area (TPSA) is 142 Å². The average molecular weight is 869 g/mol. The van der Waals surface area contributed by atoms with Crippen LogP contribution in [0.5, 0.6) is 0 Å². The Morgan fingerprint density at radius 2 is 1.62 bits per heavy atom. The van der Waals surface area contributed by atoms with Gasteiger partial charge in [0.1, 0.15) is 18.0 Å². The SMILES string of the molecule is C=C1CC[C@H](CC)OC1.C=C1COC(CCC2CC(O)C([C@@H]3OC4CC[C@H](CC(=O)C[C@@H]5CCO[C@H]5C)O[C@@H]4C(O)C3C)O2)C1.CC(O)COSI. The molecule has 52 heavy (non-hydrogen) atoms. The highest BCUT2D eigenvalue weighted by Crippen LogP contribution is 2.40. The number of aliphatic hydroxyl groups excluding tert-OH is 3. The maximum absolute atomic E-state index is 12.7. The van der Waals surface area contributed by atoms with E-state index in [9.17, 15) is 15.0 Å². The third kappa shape index (κ3) is 13.8. The quantitative estimate of drug-likeness (QED) is 0.116. The molecule has 6 heterocycles. The van der Waals surface area contributed by atoms with E-state index in [4.69, 9.17) is 37.7 Å². The minimum atomic E-state index is -0.734. The van der Waals surface area contributed by atoms with Crippen molar-refractivity contribution in [3.05, 3.63) is 24.3 Å². The summed E-state index contributed by atoms with van der Waals surface area (Å²) in [6, 6.07) is 0. The Hall–Kier alpha value is -0.170. The van der Waals surface area contributed by atoms with Crippen molar-refractivity contribution in [3.8, 4) is 0 Å². The number of carbonyl (C=O) groups is 1. The first kappa shape index (κ1) is 44.5. The van der Waals surface area contributed by atoms with Crippen LogP contribution in [-0.4, -0.2) is 121 Å². The van der Waals surface area contributed by atoms with Gasteiger partial charge in [0.05, 0.1) is 90.1 Å². The molecule has 0 aromatic carbocycles. The first-order valence-corrected chi connectivity index (χ1v) is 22.8. The Morgan fingerprint density at radius 1 is 0.904 bits per heavy atom. The number of halogens is 1. The molecule has 0 bridgehead atoms. The fraction of sp³-hybridized carbons (Fsp3) is 0.872. The van der Waals surface area contributed by atoms with Crippen molar-refractivity contribution in [2.45, 2.75) is 178 Å². The Labute approximate surface area is 328 Å². The summed E-state index contributed by atoms with van der Waals surface area (Å²) >= 11 is 2.00. The summed E-state index contributed by atoms with van der Waals surface area (Å²) in [5, 5.41) is 30.5. The van der Waals surface area contributed by atoms with Crippen LogP contribution < -0.4 is 0 Å². The number of fused-ring (bicyclic) bond motifs is 1. The van der Waals surface area contributed by atoms with Gasteiger partial charge in [-0.15, -0.1) is 0 Å². The van der Waals surface area contributed by atoms with Crippen LogP contribution in [0.4, 0.5) is 0 Å². The summed E-state index contributed by atoms with van der Waals surface area (Å²) in [5.41, 5.74) is 2.39. The van der Waals surface area contributed by atoms with Gasteiger partial charge in [-0.1, -0.05) is 32.6 Å². The number of Topliss-reactive ketones (excluding diaryl/α,β-unsaturated/α-hetero) is 1. The second kappa shape index (κ2) is 22.5. The van der Waals surface area contributed by atoms with E-state index in [-0.39, 0.29) is 48.3 Å². The molecule has 300 valence electrons. The molecule has 3 N–H and O–H groups in total. The Kier molecular flexibility index (Phi) is 19.3. The van der Waals surface area contributed by atoms with Gasteiger partial charge in [-0.3, -0.25) is 4.79 Å². The van der Waals surface area contributed by atoms with E-state index in [2.05, 4.69) is 20.1 Å². The van der Waals surface area contributed by atoms with Crippen LogP contribution in [0.15, 0.2) is 24.3 Å². The summed E-state index contributed by atoms with van der Waals surface area (Å²) in [6.07, 6.45) is 7.30. The zero-order valence-electron chi connectivity index (χ0n) is 31.7. The highest BCUT2D eigenvalue weighted by molar-refractivity contribution is 14.2. The fourth-order valence-electron chi connectivity index (χ4n) is 8.05. The Morgan fingerprint density at radius 3 is 2.21 bits per heavy atom. The van der Waals surface area contributed by atoms with Crippen LogP contribution in [0.3, 0.4) is 0 Å². The molecule has 0 aromatic rings. The highest BCUT2D eigenvalue weighted by atomic mass is 127. The largest absolute Gasteiger partial charge is 0.391 e. The van der Waals surface area contributed by atoms with Gasteiger partial charge in [0.25, 0.3) is 0 Å². The van der Waals surface area contributed by atoms with Gasteiger partial charge < -0.3 is 47.9 Å². The van der Waals surface area contributed by atoms with Crippen LogP contribution >= 0.6 is 30.4 Å². The van der Waals surface area contributed by atoms with Crippen LogP contribution in [0.25, 0.3) is 0 Å². The zero-order chi connectivity index (χ0) is 37.8. The minimum Gasteiger partial charge on any atom is -0.391 e. The average Bonchev–Trinajstić information content (AvgIpc) is 3.84. The predicted molar refractivity (Wildman–Crippen MR) is 209 cm³/mol. The first-order valence-electron chi connectivity index (χ1n) is 19.5. The predicted octanol–water partition coefficient (Wildman–Crippen LogP) is 6.23. The molecule has 6 aliphatic heterocycles. The van der Waals surface area contributed by atoms with Gasteiger partial charge >= 0.3 is 0 Å². The number of hydrogen-bond donors (Lipinski definition) is 3. The molecule has 0 aromatic heterocycles. The van der Waals surface area contributed by atoms with Gasteiger partial charge in [-0.25, -0.2) is 0 Å². The number of carbonyl (C=O) groups excluding carboxylic acids is 1. The first-order chi connectivity index (χ1) is 24.9. The van der Waals surface area contributed by atoms with E-state index in [1.165, 1.54) is 27.6 Å². The van der Waals surface area contributed by atoms with Crippen molar-refractivity contribution in [2.24, 2.45) is 11.8 Å². The molecule has 6 fully saturated rings. The summed E-state index contributed by atoms with van der Waals surface area (Å²) in [5.74, 6) is 0.251. The molecule has 0 spiro atoms. The van der Waals surface area contributed by atoms with Gasteiger partial charge in [-0.05, 0) is 83.1 Å². The second-order valence-corrected chi connectivity index (χ2v) is 17.1. The number of rotatable bonds is 12. The van der Waals surface area contributed by atoms with Crippen molar-refractivity contribution in [2.75, 3.05) is 26.4 Å². The normalized spacial score (nSPS) is 39.6. The summed E-state index contributed by atoms with van der Waals surface area (Å²) < 4.78 is 40.5. The maximum atomic E-state index is 12.7. The third-order valence-corrected chi connectivity index (χ3v) is 12.2. The van der Waals surface area contributed by atoms with Gasteiger partial charge in [0, 0.05) is 53.0 Å². The lowest BCUT2D eigenvalue weighted by atomic mass is 9.81. The summed E-state index contributed by atoms with van der Waals surface area (Å²) in [6.45, 7) is 18.2. The van der Waals surface area contributed by atoms with E-state index in [0.717, 1.165) is 63.7 Å². The van der Waals surface area contributed by atoms with E-state index in [0.29, 0.717) is 44.5 Å². The molecular formula is C39H65IO11S. The van der Waals surface area contributed by atoms with Crippen LogP contribution in [0.2, 0.25) is 0 Å². The van der Waals surface area contributed by atoms with E-state index in [1.807, 2.05) is 35.1 Å². The maximum Gasteiger partial charge on any atom is 0.135 e. The van der Waals surface area contributed by atoms with Crippen molar-refractivity contribution in [1.29, 1.82) is 0 Å². The summed E-state index contributed by atoms with van der Waals surface area (Å²) in [7, 11) is 1.24. The van der Waals surface area contributed by atoms with Crippen molar-refractivity contribution in [1.82, 2.24) is 0 Å². The van der Waals surface area contributed by atoms with E-state index < -0.39 is 30.5 Å². The smallest absolute Gasteiger partial charge is 0.135 e. The third-order valence-electron chi connectivity index (χ3n) is 11.3. The number of hydrogen-bond acceptors (Lipinski definition) is 12. The van der Waals surface area contributed by atoms with E-state index in [1.54, 1.807) is 6.92 Å². The van der Waals surface area contributed by atoms with Crippen LogP contribution in [-0.2, 0) is 37.4 Å². The van der Waals surface area contributed by atoms with Gasteiger partial charge in [0.2, 0.25) is 0 Å². The highest BCUT2D eigenvalue weighted by Gasteiger charge is 2.52. The molecule has 8 unspecified atom stereocenters. The number of ketones is 1. The lowest BCUT2D eigenvalue weighted by Crippen LogP contribution is -2.61. The monoisotopic (exact) mass is 868 g/mol. The molecule has 0 aliphatic carbocycles. The lowest BCUT2D eigenvalue weighted by Gasteiger charge is -2.49. The molecule has 6 saturated heterocycles. The van der Waals surface area contributed by atoms with Crippen molar-refractivity contribution < 1.29 is 52.7 Å². The van der Waals surface area contributed by atoms with Crippen LogP contribution in [0, 0.1) is 11.8 Å². The minimum absolute atomic E-state index is 0.0425. The van der Waals surface area contributed by atoms with Gasteiger partial charge in [0.15, 0.2) is 0 Å². The molecule has 0 saturated carbocycles. The molecule has 11 nitrogen and oxygen atoms in total. The number of aliphatic hydroxyl groups is 3. The number of ether oxygens (including phenoxy) is 6. The van der Waals surface area contributed by atoms with Crippen molar-refractivity contribution >= 4 is 36.2 Å². The second-order valence-electron chi connectivity index (χ2n) is 15.7. The lowest BCUT2D eigenvalue weighted by molar-refractivity contribution is -0.267. The molecule has 6 rings (SSSR count). The molecule has 0 radical (unpaired) electrons. The molecule has 13 heteroatoms. The van der Waals surface area contributed by atoms with E-state index >= 15 is 0 Å². The Balaban J connectivity index is 0.000000313. The van der Waals surface area contributed by atoms with Crippen LogP contribution in [0.1, 0.15) is 105 Å². The van der Waals surface area contributed by atoms with Crippen molar-refractivity contribution in [3.63, 3.8) is 0 Å². The fourth-order valence-corrected chi connectivity index (χ4v) is 8.74. The summed E-state index contributed by atoms with van der Waals surface area (Å²) in [4.78, 5) is 12.7. The zero-order valence-corrected chi connectivity index (χ0v) is 34.7. The van der Waals surface area contributed by atoms with Gasteiger partial charge in [-0.2, -0.15) is 0 Å². The molecule has 14 atom stereocenters.